The quantitative estimate of drug-likeness (QED) is 0.529. The van der Waals surface area contributed by atoms with Crippen LogP contribution in [0, 0.1) is 5.92 Å². The highest BCUT2D eigenvalue weighted by Crippen LogP contribution is 2.28. The summed E-state index contributed by atoms with van der Waals surface area (Å²) in [6.07, 6.45) is 1.67. The van der Waals surface area contributed by atoms with E-state index in [0.29, 0.717) is 10.7 Å². The summed E-state index contributed by atoms with van der Waals surface area (Å²) in [5, 5.41) is 4.13. The number of amides is 4. The molecule has 2 aliphatic heterocycles. The zero-order valence-electron chi connectivity index (χ0n) is 16.7. The Labute approximate surface area is 182 Å². The van der Waals surface area contributed by atoms with E-state index in [2.05, 4.69) is 5.32 Å². The van der Waals surface area contributed by atoms with Gasteiger partial charge in [0.15, 0.2) is 11.8 Å². The number of benzene rings is 1. The molecule has 0 radical (unpaired) electrons. The normalized spacial score (nSPS) is 18.2. The summed E-state index contributed by atoms with van der Waals surface area (Å²) in [6.45, 7) is 3.76. The molecule has 1 atom stereocenters. The summed E-state index contributed by atoms with van der Waals surface area (Å²) in [5.41, 5.74) is 0.792. The van der Waals surface area contributed by atoms with Crippen molar-refractivity contribution in [2.75, 3.05) is 25.5 Å². The molecule has 0 spiro atoms. The number of allylic oxidation sites excluding steroid dienone is 1. The van der Waals surface area contributed by atoms with E-state index in [9.17, 15) is 19.2 Å². The Morgan fingerprint density at radius 2 is 2.07 bits per heavy atom. The lowest BCUT2D eigenvalue weighted by molar-refractivity contribution is -0.426. The smallest absolute Gasteiger partial charge is 0.465 e. The van der Waals surface area contributed by atoms with Crippen LogP contribution in [0.4, 0.5) is 10.5 Å². The number of urea groups is 1. The number of carbonyl (C=O) groups excluding carboxylic acids is 4. The number of anilines is 1. The van der Waals surface area contributed by atoms with Crippen molar-refractivity contribution < 1.29 is 28.5 Å². The maximum absolute atomic E-state index is 13.0. The Morgan fingerprint density at radius 1 is 1.33 bits per heavy atom. The zero-order chi connectivity index (χ0) is 22.0. The minimum Gasteiger partial charge on any atom is -0.465 e. The van der Waals surface area contributed by atoms with E-state index < -0.39 is 23.2 Å². The molecule has 158 valence electrons. The molecule has 2 aliphatic rings. The van der Waals surface area contributed by atoms with Crippen LogP contribution in [0.1, 0.15) is 24.2 Å². The molecule has 0 fully saturated rings. The van der Waals surface area contributed by atoms with Crippen molar-refractivity contribution in [3.05, 3.63) is 40.3 Å². The van der Waals surface area contributed by atoms with Gasteiger partial charge in [-0.25, -0.2) is 9.59 Å². The first-order valence-corrected chi connectivity index (χ1v) is 10.5. The van der Waals surface area contributed by atoms with Gasteiger partial charge in [0, 0.05) is 5.02 Å². The van der Waals surface area contributed by atoms with E-state index in [4.69, 9.17) is 16.3 Å². The van der Waals surface area contributed by atoms with Gasteiger partial charge in [-0.1, -0.05) is 25.4 Å². The van der Waals surface area contributed by atoms with Gasteiger partial charge in [-0.2, -0.15) is 14.3 Å². The Morgan fingerprint density at radius 3 is 2.73 bits per heavy atom. The second kappa shape index (κ2) is 9.01. The average Bonchev–Trinajstić information content (AvgIpc) is 3.18. The van der Waals surface area contributed by atoms with Gasteiger partial charge in [0.2, 0.25) is 0 Å². The number of nitrogens with zero attached hydrogens (tertiary/aromatic N) is 2. The van der Waals surface area contributed by atoms with Crippen LogP contribution < -0.4 is 5.32 Å². The summed E-state index contributed by atoms with van der Waals surface area (Å²) in [5.74, 6) is -1.36. The molecule has 0 saturated heterocycles. The molecule has 30 heavy (non-hydrogen) atoms. The predicted octanol–water partition coefficient (Wildman–Crippen LogP) is 2.77. The fourth-order valence-corrected chi connectivity index (χ4v) is 4.32. The second-order valence-electron chi connectivity index (χ2n) is 7.18. The van der Waals surface area contributed by atoms with Crippen LogP contribution in [0.5, 0.6) is 0 Å². The van der Waals surface area contributed by atoms with Crippen LogP contribution in [0.25, 0.3) is 0 Å². The molecular weight excluding hydrogens is 430 g/mol. The third-order valence-corrected chi connectivity index (χ3v) is 5.74. The van der Waals surface area contributed by atoms with E-state index in [1.54, 1.807) is 11.5 Å². The highest BCUT2D eigenvalue weighted by atomic mass is 35.5. The van der Waals surface area contributed by atoms with Gasteiger partial charge >= 0.3 is 17.9 Å². The van der Waals surface area contributed by atoms with Crippen LogP contribution in [0.3, 0.4) is 0 Å². The van der Waals surface area contributed by atoms with Crippen LogP contribution in [-0.4, -0.2) is 64.5 Å². The molecule has 1 aromatic rings. The Kier molecular flexibility index (Phi) is 6.62. The number of esters is 1. The van der Waals surface area contributed by atoms with Gasteiger partial charge in [-0.15, -0.1) is 11.8 Å². The Hall–Kier alpha value is -2.65. The number of hydrogen-bond donors (Lipinski definition) is 1. The first-order valence-electron chi connectivity index (χ1n) is 9.22. The monoisotopic (exact) mass is 450 g/mol. The number of ether oxygens (including phenoxy) is 1. The molecule has 8 nitrogen and oxygen atoms in total. The molecule has 2 heterocycles. The fourth-order valence-electron chi connectivity index (χ4n) is 3.19. The number of hydrogen-bond acceptors (Lipinski definition) is 6. The molecule has 10 heteroatoms. The number of thioether (sulfide) groups is 1. The lowest BCUT2D eigenvalue weighted by Crippen LogP contribution is -2.57. The van der Waals surface area contributed by atoms with E-state index in [-0.39, 0.29) is 36.2 Å². The third-order valence-electron chi connectivity index (χ3n) is 4.50. The fraction of sp³-hybridized carbons (Fsp3) is 0.350. The van der Waals surface area contributed by atoms with Crippen molar-refractivity contribution in [2.45, 2.75) is 19.1 Å². The zero-order valence-corrected chi connectivity index (χ0v) is 18.2. The number of imide groups is 1. The number of nitrogens with one attached hydrogen (secondary N) is 1. The maximum atomic E-state index is 13.0. The standard InChI is InChI=1S/C20H20ClN3O5S/c1-11(2)9-24-18(26)17-15(6-7-30-17)23(20(24)28)10-16(25)22-14-8-12(21)4-5-13(14)19(27)29-3/h4-8,11,17H,9-10H2,1-3H3/p+1. The maximum Gasteiger partial charge on any atom is 0.501 e. The number of rotatable bonds is 6. The van der Waals surface area contributed by atoms with E-state index in [1.807, 2.05) is 13.8 Å². The van der Waals surface area contributed by atoms with Crippen LogP contribution >= 0.6 is 23.4 Å². The number of methoxy groups -OCH3 is 1. The molecule has 0 saturated carbocycles. The van der Waals surface area contributed by atoms with Crippen molar-refractivity contribution in [3.8, 4) is 0 Å². The molecule has 0 bridgehead atoms. The number of carbonyl (C=O) groups is 4. The van der Waals surface area contributed by atoms with Gasteiger partial charge in [-0.05, 0) is 35.6 Å². The molecule has 1 N–H and O–H groups in total. The van der Waals surface area contributed by atoms with Crippen LogP contribution in [0.2, 0.25) is 5.02 Å². The topological polar surface area (TPSA) is 95.8 Å². The summed E-state index contributed by atoms with van der Waals surface area (Å²) in [4.78, 5) is 51.6. The summed E-state index contributed by atoms with van der Waals surface area (Å²) in [6, 6.07) is 3.84. The van der Waals surface area contributed by atoms with Gasteiger partial charge in [0.25, 0.3) is 5.91 Å². The van der Waals surface area contributed by atoms with Crippen molar-refractivity contribution >= 4 is 58.6 Å². The van der Waals surface area contributed by atoms with E-state index in [0.717, 1.165) is 0 Å². The lowest BCUT2D eigenvalue weighted by Gasteiger charge is -2.25. The van der Waals surface area contributed by atoms with Crippen molar-refractivity contribution in [1.29, 1.82) is 0 Å². The van der Waals surface area contributed by atoms with Crippen LogP contribution in [-0.2, 0) is 14.3 Å². The summed E-state index contributed by atoms with van der Waals surface area (Å²) < 4.78 is 6.02. The summed E-state index contributed by atoms with van der Waals surface area (Å²) in [7, 11) is 1.23. The predicted molar refractivity (Wildman–Crippen MR) is 114 cm³/mol. The van der Waals surface area contributed by atoms with E-state index >= 15 is 0 Å². The van der Waals surface area contributed by atoms with Crippen LogP contribution in [0.15, 0.2) is 29.7 Å². The minimum atomic E-state index is -0.630. The molecule has 0 aromatic heterocycles. The molecule has 1 unspecified atom stereocenters. The van der Waals surface area contributed by atoms with Gasteiger partial charge in [-0.3, -0.25) is 4.79 Å². The SMILES string of the molecule is COC(=O)c1ccc(Cl)cc1NC(=O)C[N+]1=C2C=CSC2C(=O)N(CC(C)C)C1=O. The number of halogens is 1. The highest BCUT2D eigenvalue weighted by Gasteiger charge is 2.49. The average molecular weight is 451 g/mol. The third kappa shape index (κ3) is 4.41. The Bertz CT molecular complexity index is 989. The molecule has 1 aromatic carbocycles. The van der Waals surface area contributed by atoms with Crippen molar-refractivity contribution in [2.24, 2.45) is 5.92 Å². The number of fused-ring (bicyclic) bond motifs is 1. The van der Waals surface area contributed by atoms with Gasteiger partial charge in [0.1, 0.15) is 5.71 Å². The minimum absolute atomic E-state index is 0.0866. The largest absolute Gasteiger partial charge is 0.501 e. The highest BCUT2D eigenvalue weighted by molar-refractivity contribution is 8.04. The summed E-state index contributed by atoms with van der Waals surface area (Å²) >= 11 is 7.29. The van der Waals surface area contributed by atoms with Gasteiger partial charge in [0.05, 0.1) is 24.9 Å². The molecule has 0 aliphatic carbocycles. The lowest BCUT2D eigenvalue weighted by atomic mass is 10.1. The molecule has 3 rings (SSSR count). The molecular formula is C20H21ClN3O5S+. The Balaban J connectivity index is 1.87. The van der Waals surface area contributed by atoms with Crippen molar-refractivity contribution in [1.82, 2.24) is 4.90 Å². The van der Waals surface area contributed by atoms with E-state index in [1.165, 1.54) is 46.5 Å². The first-order chi connectivity index (χ1) is 14.2. The van der Waals surface area contributed by atoms with Gasteiger partial charge < -0.3 is 10.1 Å². The first kappa shape index (κ1) is 22.0. The van der Waals surface area contributed by atoms with Crippen molar-refractivity contribution in [3.63, 3.8) is 0 Å². The second-order valence-corrected chi connectivity index (χ2v) is 8.64. The molecule has 4 amide bonds.